The second-order valence-corrected chi connectivity index (χ2v) is 4.72. The predicted molar refractivity (Wildman–Crippen MR) is 62.9 cm³/mol. The van der Waals surface area contributed by atoms with E-state index in [1.807, 2.05) is 6.92 Å². The van der Waals surface area contributed by atoms with Crippen molar-refractivity contribution in [1.82, 2.24) is 0 Å². The fourth-order valence-electron chi connectivity index (χ4n) is 1.37. The van der Waals surface area contributed by atoms with E-state index in [-0.39, 0.29) is 21.7 Å². The number of hydrogen-bond acceptors (Lipinski definition) is 1. The first-order valence-corrected chi connectivity index (χ1v) is 5.97. The highest BCUT2D eigenvalue weighted by atomic mass is 79.9. The van der Waals surface area contributed by atoms with E-state index in [1.54, 1.807) is 6.92 Å². The highest BCUT2D eigenvalue weighted by Crippen LogP contribution is 2.35. The number of ketones is 1. The van der Waals surface area contributed by atoms with Crippen molar-refractivity contribution in [2.24, 2.45) is 5.92 Å². The molecule has 1 unspecified atom stereocenters. The SMILES string of the molecule is CCC(C)C(=O)c1ccc(Br)c(C(F)(F)F)c1. The number of benzene rings is 1. The van der Waals surface area contributed by atoms with Crippen molar-refractivity contribution in [3.63, 3.8) is 0 Å². The number of alkyl halides is 3. The third-order valence-electron chi connectivity index (χ3n) is 2.62. The van der Waals surface area contributed by atoms with Gasteiger partial charge in [-0.25, -0.2) is 0 Å². The quantitative estimate of drug-likeness (QED) is 0.740. The fourth-order valence-corrected chi connectivity index (χ4v) is 1.84. The summed E-state index contributed by atoms with van der Waals surface area (Å²) in [6.07, 6.45) is -3.85. The van der Waals surface area contributed by atoms with Crippen molar-refractivity contribution in [3.8, 4) is 0 Å². The van der Waals surface area contributed by atoms with E-state index in [0.717, 1.165) is 6.07 Å². The molecule has 17 heavy (non-hydrogen) atoms. The molecule has 0 aliphatic heterocycles. The Bertz CT molecular complexity index is 426. The largest absolute Gasteiger partial charge is 0.417 e. The molecule has 0 heterocycles. The maximum atomic E-state index is 12.6. The van der Waals surface area contributed by atoms with Crippen LogP contribution in [-0.2, 0) is 6.18 Å². The molecular formula is C12H12BrF3O. The zero-order chi connectivity index (χ0) is 13.2. The topological polar surface area (TPSA) is 17.1 Å². The van der Waals surface area contributed by atoms with Gasteiger partial charge in [0.15, 0.2) is 5.78 Å². The summed E-state index contributed by atoms with van der Waals surface area (Å²) >= 11 is 2.84. The van der Waals surface area contributed by atoms with E-state index in [2.05, 4.69) is 15.9 Å². The van der Waals surface area contributed by atoms with Crippen molar-refractivity contribution >= 4 is 21.7 Å². The van der Waals surface area contributed by atoms with Crippen molar-refractivity contribution in [2.45, 2.75) is 26.4 Å². The van der Waals surface area contributed by atoms with Crippen molar-refractivity contribution < 1.29 is 18.0 Å². The van der Waals surface area contributed by atoms with Crippen LogP contribution in [0.15, 0.2) is 22.7 Å². The standard InChI is InChI=1S/C12H12BrF3O/c1-3-7(2)11(17)8-4-5-10(13)9(6-8)12(14,15)16/h4-7H,3H2,1-2H3. The number of halogens is 4. The van der Waals surface area contributed by atoms with Crippen LogP contribution in [0.2, 0.25) is 0 Å². The predicted octanol–water partition coefficient (Wildman–Crippen LogP) is 4.70. The van der Waals surface area contributed by atoms with E-state index >= 15 is 0 Å². The summed E-state index contributed by atoms with van der Waals surface area (Å²) in [6.45, 7) is 3.53. The molecule has 0 bridgehead atoms. The maximum absolute atomic E-state index is 12.6. The van der Waals surface area contributed by atoms with Crippen molar-refractivity contribution in [3.05, 3.63) is 33.8 Å². The Morgan fingerprint density at radius 1 is 1.41 bits per heavy atom. The third kappa shape index (κ3) is 3.31. The minimum Gasteiger partial charge on any atom is -0.294 e. The molecule has 1 aromatic rings. The van der Waals surface area contributed by atoms with Gasteiger partial charge >= 0.3 is 6.18 Å². The molecule has 0 fully saturated rings. The Kier molecular flexibility index (Phi) is 4.36. The summed E-state index contributed by atoms with van der Waals surface area (Å²) in [7, 11) is 0. The number of Topliss-reactive ketones (excluding diaryl/α,β-unsaturated/α-hetero) is 1. The number of carbonyl (C=O) groups excluding carboxylic acids is 1. The average molecular weight is 309 g/mol. The lowest BCUT2D eigenvalue weighted by Crippen LogP contribution is -2.13. The summed E-state index contributed by atoms with van der Waals surface area (Å²) in [5.74, 6) is -0.525. The van der Waals surface area contributed by atoms with E-state index in [9.17, 15) is 18.0 Å². The van der Waals surface area contributed by atoms with Gasteiger partial charge in [0, 0.05) is 16.0 Å². The van der Waals surface area contributed by atoms with Crippen LogP contribution in [0.25, 0.3) is 0 Å². The second kappa shape index (κ2) is 5.21. The maximum Gasteiger partial charge on any atom is 0.417 e. The summed E-state index contributed by atoms with van der Waals surface area (Å²) in [4.78, 5) is 11.8. The van der Waals surface area contributed by atoms with E-state index < -0.39 is 11.7 Å². The van der Waals surface area contributed by atoms with Gasteiger partial charge in [-0.05, 0) is 18.6 Å². The van der Waals surface area contributed by atoms with Gasteiger partial charge in [-0.15, -0.1) is 0 Å². The van der Waals surface area contributed by atoms with Gasteiger partial charge in [0.05, 0.1) is 5.56 Å². The van der Waals surface area contributed by atoms with Gasteiger partial charge < -0.3 is 0 Å². The van der Waals surface area contributed by atoms with E-state index in [1.165, 1.54) is 12.1 Å². The Morgan fingerprint density at radius 2 is 2.00 bits per heavy atom. The van der Waals surface area contributed by atoms with Crippen LogP contribution in [0.5, 0.6) is 0 Å². The van der Waals surface area contributed by atoms with Crippen LogP contribution in [-0.4, -0.2) is 5.78 Å². The van der Waals surface area contributed by atoms with E-state index in [4.69, 9.17) is 0 Å². The molecule has 0 aliphatic carbocycles. The first kappa shape index (κ1) is 14.2. The first-order valence-electron chi connectivity index (χ1n) is 5.18. The zero-order valence-electron chi connectivity index (χ0n) is 9.44. The molecule has 0 N–H and O–H groups in total. The number of carbonyl (C=O) groups is 1. The molecule has 0 aliphatic rings. The van der Waals surface area contributed by atoms with Crippen LogP contribution in [0.3, 0.4) is 0 Å². The Balaban J connectivity index is 3.18. The highest BCUT2D eigenvalue weighted by Gasteiger charge is 2.33. The molecule has 0 saturated carbocycles. The minimum absolute atomic E-state index is 0.0503. The Hall–Kier alpha value is -0.840. The van der Waals surface area contributed by atoms with Crippen LogP contribution in [0, 0.1) is 5.92 Å². The molecule has 1 nitrogen and oxygen atoms in total. The summed E-state index contributed by atoms with van der Waals surface area (Å²) in [5, 5.41) is 0. The summed E-state index contributed by atoms with van der Waals surface area (Å²) in [5.41, 5.74) is -0.707. The number of rotatable bonds is 3. The van der Waals surface area contributed by atoms with Gasteiger partial charge in [-0.3, -0.25) is 4.79 Å². The molecule has 0 spiro atoms. The molecule has 1 aromatic carbocycles. The molecule has 5 heteroatoms. The molecular weight excluding hydrogens is 297 g/mol. The molecule has 0 saturated heterocycles. The zero-order valence-corrected chi connectivity index (χ0v) is 11.0. The number of hydrogen-bond donors (Lipinski definition) is 0. The Morgan fingerprint density at radius 3 is 2.47 bits per heavy atom. The van der Waals surface area contributed by atoms with Crippen molar-refractivity contribution in [1.29, 1.82) is 0 Å². The highest BCUT2D eigenvalue weighted by molar-refractivity contribution is 9.10. The van der Waals surface area contributed by atoms with Gasteiger partial charge in [-0.1, -0.05) is 35.8 Å². The van der Waals surface area contributed by atoms with Gasteiger partial charge in [0.1, 0.15) is 0 Å². The first-order chi connectivity index (χ1) is 7.77. The molecule has 94 valence electrons. The van der Waals surface area contributed by atoms with Crippen LogP contribution < -0.4 is 0 Å². The van der Waals surface area contributed by atoms with Crippen LogP contribution in [0.4, 0.5) is 13.2 Å². The van der Waals surface area contributed by atoms with Crippen LogP contribution in [0.1, 0.15) is 36.2 Å². The van der Waals surface area contributed by atoms with Crippen molar-refractivity contribution in [2.75, 3.05) is 0 Å². The van der Waals surface area contributed by atoms with Crippen LogP contribution >= 0.6 is 15.9 Å². The normalized spacial score (nSPS) is 13.5. The lowest BCUT2D eigenvalue weighted by molar-refractivity contribution is -0.138. The van der Waals surface area contributed by atoms with E-state index in [0.29, 0.717) is 6.42 Å². The molecule has 0 amide bonds. The molecule has 1 atom stereocenters. The van der Waals surface area contributed by atoms with Gasteiger partial charge in [0.2, 0.25) is 0 Å². The lowest BCUT2D eigenvalue weighted by atomic mass is 9.96. The molecule has 1 rings (SSSR count). The summed E-state index contributed by atoms with van der Waals surface area (Å²) < 4.78 is 37.9. The second-order valence-electron chi connectivity index (χ2n) is 3.87. The fraction of sp³-hybridized carbons (Fsp3) is 0.417. The van der Waals surface area contributed by atoms with Gasteiger partial charge in [-0.2, -0.15) is 13.2 Å². The summed E-state index contributed by atoms with van der Waals surface area (Å²) in [6, 6.07) is 3.57. The third-order valence-corrected chi connectivity index (χ3v) is 3.31. The molecule has 0 radical (unpaired) electrons. The average Bonchev–Trinajstić information content (AvgIpc) is 2.26. The lowest BCUT2D eigenvalue weighted by Gasteiger charge is -2.12. The molecule has 0 aromatic heterocycles. The Labute approximate surface area is 106 Å². The monoisotopic (exact) mass is 308 g/mol. The van der Waals surface area contributed by atoms with Gasteiger partial charge in [0.25, 0.3) is 0 Å². The minimum atomic E-state index is -4.45. The smallest absolute Gasteiger partial charge is 0.294 e.